The Morgan fingerprint density at radius 2 is 1.88 bits per heavy atom. The fourth-order valence-electron chi connectivity index (χ4n) is 2.03. The van der Waals surface area contributed by atoms with E-state index in [-0.39, 0.29) is 5.02 Å². The van der Waals surface area contributed by atoms with Crippen LogP contribution in [-0.2, 0) is 6.42 Å². The zero-order chi connectivity index (χ0) is 11.5. The monoisotopic (exact) mass is 243 g/mol. The van der Waals surface area contributed by atoms with E-state index in [9.17, 15) is 9.59 Å². The van der Waals surface area contributed by atoms with E-state index in [0.29, 0.717) is 18.0 Å². The second-order valence-electron chi connectivity index (χ2n) is 4.10. The van der Waals surface area contributed by atoms with E-state index >= 15 is 0 Å². The standard InChI is InChI=1S/C10H14ClN3O2/c11-8-7(13-10(16)14-9(8)15)5-6-1-3-12-4-2-6/h6,12H,1-5H2,(H2,13,14,15,16). The normalized spacial score (nSPS) is 17.6. The molecule has 0 spiro atoms. The molecule has 2 rings (SSSR count). The Morgan fingerprint density at radius 3 is 2.56 bits per heavy atom. The molecule has 1 fully saturated rings. The van der Waals surface area contributed by atoms with Gasteiger partial charge in [-0.15, -0.1) is 0 Å². The van der Waals surface area contributed by atoms with Crippen molar-refractivity contribution in [1.29, 1.82) is 0 Å². The Balaban J connectivity index is 2.20. The van der Waals surface area contributed by atoms with Gasteiger partial charge in [-0.3, -0.25) is 9.78 Å². The van der Waals surface area contributed by atoms with Crippen molar-refractivity contribution in [3.63, 3.8) is 0 Å². The van der Waals surface area contributed by atoms with E-state index in [4.69, 9.17) is 11.6 Å². The molecule has 0 saturated carbocycles. The molecule has 1 aliphatic heterocycles. The van der Waals surface area contributed by atoms with Gasteiger partial charge in [0.2, 0.25) is 0 Å². The third-order valence-corrected chi connectivity index (χ3v) is 3.31. The molecule has 3 N–H and O–H groups in total. The first-order chi connectivity index (χ1) is 7.66. The van der Waals surface area contributed by atoms with Gasteiger partial charge in [-0.05, 0) is 38.3 Å². The summed E-state index contributed by atoms with van der Waals surface area (Å²) in [4.78, 5) is 27.1. The van der Waals surface area contributed by atoms with Gasteiger partial charge in [0.25, 0.3) is 5.56 Å². The van der Waals surface area contributed by atoms with Crippen molar-refractivity contribution in [1.82, 2.24) is 15.3 Å². The Hall–Kier alpha value is -1.07. The second kappa shape index (κ2) is 4.84. The Labute approximate surface area is 97.2 Å². The number of aromatic amines is 2. The van der Waals surface area contributed by atoms with Gasteiger partial charge >= 0.3 is 5.69 Å². The molecule has 2 heterocycles. The number of H-pyrrole nitrogens is 2. The number of aromatic nitrogens is 2. The van der Waals surface area contributed by atoms with Crippen LogP contribution in [0.2, 0.25) is 5.02 Å². The fourth-order valence-corrected chi connectivity index (χ4v) is 2.20. The van der Waals surface area contributed by atoms with Crippen LogP contribution in [-0.4, -0.2) is 23.1 Å². The highest BCUT2D eigenvalue weighted by molar-refractivity contribution is 6.30. The van der Waals surface area contributed by atoms with Gasteiger partial charge in [0.05, 0.1) is 0 Å². The van der Waals surface area contributed by atoms with Crippen molar-refractivity contribution in [2.24, 2.45) is 5.92 Å². The van der Waals surface area contributed by atoms with Crippen molar-refractivity contribution >= 4 is 11.6 Å². The summed E-state index contributed by atoms with van der Waals surface area (Å²) in [5, 5.41) is 3.37. The summed E-state index contributed by atoms with van der Waals surface area (Å²) in [6.45, 7) is 1.96. The first-order valence-corrected chi connectivity index (χ1v) is 5.76. The van der Waals surface area contributed by atoms with Gasteiger partial charge in [-0.25, -0.2) is 4.79 Å². The minimum atomic E-state index is -0.505. The van der Waals surface area contributed by atoms with Gasteiger partial charge < -0.3 is 10.3 Å². The second-order valence-corrected chi connectivity index (χ2v) is 4.48. The van der Waals surface area contributed by atoms with Crippen LogP contribution in [0.25, 0.3) is 0 Å². The molecule has 1 aromatic rings. The maximum atomic E-state index is 11.3. The van der Waals surface area contributed by atoms with Crippen LogP contribution < -0.4 is 16.6 Å². The molecule has 1 aliphatic rings. The van der Waals surface area contributed by atoms with Crippen molar-refractivity contribution in [3.05, 3.63) is 31.6 Å². The zero-order valence-corrected chi connectivity index (χ0v) is 9.56. The van der Waals surface area contributed by atoms with Crippen molar-refractivity contribution in [2.45, 2.75) is 19.3 Å². The lowest BCUT2D eigenvalue weighted by Crippen LogP contribution is -2.31. The van der Waals surface area contributed by atoms with E-state index < -0.39 is 11.2 Å². The lowest BCUT2D eigenvalue weighted by atomic mass is 9.93. The number of rotatable bonds is 2. The highest BCUT2D eigenvalue weighted by atomic mass is 35.5. The zero-order valence-electron chi connectivity index (χ0n) is 8.81. The molecular formula is C10H14ClN3O2. The van der Waals surface area contributed by atoms with Crippen molar-refractivity contribution in [2.75, 3.05) is 13.1 Å². The maximum Gasteiger partial charge on any atom is 0.325 e. The molecule has 1 aromatic heterocycles. The Kier molecular flexibility index (Phi) is 3.46. The molecule has 1 saturated heterocycles. The van der Waals surface area contributed by atoms with Gasteiger partial charge in [0.1, 0.15) is 5.02 Å². The summed E-state index contributed by atoms with van der Waals surface area (Å²) in [5.41, 5.74) is -0.435. The number of halogens is 1. The van der Waals surface area contributed by atoms with Crippen LogP contribution in [0.3, 0.4) is 0 Å². The van der Waals surface area contributed by atoms with Gasteiger partial charge in [0, 0.05) is 5.69 Å². The molecule has 0 unspecified atom stereocenters. The van der Waals surface area contributed by atoms with Gasteiger partial charge in [-0.1, -0.05) is 11.6 Å². The van der Waals surface area contributed by atoms with Crippen LogP contribution >= 0.6 is 11.6 Å². The van der Waals surface area contributed by atoms with Crippen molar-refractivity contribution in [3.8, 4) is 0 Å². The molecular weight excluding hydrogens is 230 g/mol. The van der Waals surface area contributed by atoms with Crippen LogP contribution in [0, 0.1) is 5.92 Å². The third kappa shape index (κ3) is 2.54. The van der Waals surface area contributed by atoms with Crippen LogP contribution in [0.1, 0.15) is 18.5 Å². The maximum absolute atomic E-state index is 11.3. The molecule has 0 bridgehead atoms. The number of nitrogens with one attached hydrogen (secondary N) is 3. The molecule has 0 radical (unpaired) electrons. The predicted octanol–water partition coefficient (Wildman–Crippen LogP) is 0.259. The van der Waals surface area contributed by atoms with Gasteiger partial charge in [0.15, 0.2) is 0 Å². The predicted molar refractivity (Wildman–Crippen MR) is 62.0 cm³/mol. The average molecular weight is 244 g/mol. The minimum Gasteiger partial charge on any atom is -0.317 e. The molecule has 88 valence electrons. The summed E-state index contributed by atoms with van der Waals surface area (Å²) < 4.78 is 0. The highest BCUT2D eigenvalue weighted by Gasteiger charge is 2.16. The Bertz CT molecular complexity index is 474. The lowest BCUT2D eigenvalue weighted by Gasteiger charge is -2.22. The minimum absolute atomic E-state index is 0.109. The van der Waals surface area contributed by atoms with E-state index in [1.165, 1.54) is 0 Å². The number of piperidine rings is 1. The van der Waals surface area contributed by atoms with Gasteiger partial charge in [-0.2, -0.15) is 0 Å². The Morgan fingerprint density at radius 1 is 1.19 bits per heavy atom. The molecule has 5 nitrogen and oxygen atoms in total. The first-order valence-electron chi connectivity index (χ1n) is 5.38. The van der Waals surface area contributed by atoms with Crippen LogP contribution in [0.5, 0.6) is 0 Å². The topological polar surface area (TPSA) is 77.8 Å². The first kappa shape index (κ1) is 11.4. The average Bonchev–Trinajstić information content (AvgIpc) is 2.27. The third-order valence-electron chi connectivity index (χ3n) is 2.91. The van der Waals surface area contributed by atoms with Crippen LogP contribution in [0.15, 0.2) is 9.59 Å². The summed E-state index contributed by atoms with van der Waals surface area (Å²) in [5.74, 6) is 0.483. The van der Waals surface area contributed by atoms with E-state index in [1.807, 2.05) is 0 Å². The van der Waals surface area contributed by atoms with Crippen molar-refractivity contribution < 1.29 is 0 Å². The fraction of sp³-hybridized carbons (Fsp3) is 0.600. The summed E-state index contributed by atoms with van der Waals surface area (Å²) in [7, 11) is 0. The lowest BCUT2D eigenvalue weighted by molar-refractivity contribution is 0.369. The summed E-state index contributed by atoms with van der Waals surface area (Å²) >= 11 is 5.85. The van der Waals surface area contributed by atoms with Crippen LogP contribution in [0.4, 0.5) is 0 Å². The number of hydrogen-bond donors (Lipinski definition) is 3. The molecule has 0 amide bonds. The SMILES string of the molecule is O=c1[nH]c(CC2CCNCC2)c(Cl)c(=O)[nH]1. The summed E-state index contributed by atoms with van der Waals surface area (Å²) in [6, 6.07) is 0. The van der Waals surface area contributed by atoms with E-state index in [1.54, 1.807) is 0 Å². The molecule has 0 aliphatic carbocycles. The quantitative estimate of drug-likeness (QED) is 0.697. The molecule has 6 heteroatoms. The molecule has 0 atom stereocenters. The highest BCUT2D eigenvalue weighted by Crippen LogP contribution is 2.18. The molecule has 0 aromatic carbocycles. The smallest absolute Gasteiger partial charge is 0.317 e. The summed E-state index contributed by atoms with van der Waals surface area (Å²) in [6.07, 6.45) is 2.76. The largest absolute Gasteiger partial charge is 0.325 e. The van der Waals surface area contributed by atoms with E-state index in [2.05, 4.69) is 15.3 Å². The number of hydrogen-bond acceptors (Lipinski definition) is 3. The van der Waals surface area contributed by atoms with E-state index in [0.717, 1.165) is 25.9 Å². The molecule has 16 heavy (non-hydrogen) atoms.